The van der Waals surface area contributed by atoms with Crippen molar-refractivity contribution in [3.63, 3.8) is 0 Å². The molecule has 0 saturated heterocycles. The lowest BCUT2D eigenvalue weighted by Gasteiger charge is -2.13. The summed E-state index contributed by atoms with van der Waals surface area (Å²) in [5.74, 6) is 0. The zero-order valence-electron chi connectivity index (χ0n) is 4.39. The SMILES string of the molecule is CN(C)C(Cl)OP. The van der Waals surface area contributed by atoms with E-state index in [-0.39, 0.29) is 5.69 Å². The smallest absolute Gasteiger partial charge is 0.190 e. The van der Waals surface area contributed by atoms with Crippen molar-refractivity contribution in [2.24, 2.45) is 0 Å². The summed E-state index contributed by atoms with van der Waals surface area (Å²) in [5.41, 5.74) is -0.329. The predicted octanol–water partition coefficient (Wildman–Crippen LogP) is 0.877. The second-order valence-corrected chi connectivity index (χ2v) is 2.04. The molecule has 0 N–H and O–H groups in total. The predicted molar refractivity (Wildman–Crippen MR) is 34.1 cm³/mol. The summed E-state index contributed by atoms with van der Waals surface area (Å²) in [5, 5.41) is 0. The lowest BCUT2D eigenvalue weighted by molar-refractivity contribution is 0.162. The molecule has 0 aliphatic heterocycles. The summed E-state index contributed by atoms with van der Waals surface area (Å²) in [6, 6.07) is 0. The minimum Gasteiger partial charge on any atom is -0.333 e. The molecule has 0 fully saturated rings. The average Bonchev–Trinajstić information content (AvgIpc) is 1.65. The maximum atomic E-state index is 5.48. The van der Waals surface area contributed by atoms with Crippen LogP contribution in [-0.4, -0.2) is 24.7 Å². The van der Waals surface area contributed by atoms with Gasteiger partial charge >= 0.3 is 0 Å². The first kappa shape index (κ1) is 7.64. The van der Waals surface area contributed by atoms with E-state index in [4.69, 9.17) is 11.6 Å². The van der Waals surface area contributed by atoms with Crippen LogP contribution in [0.15, 0.2) is 0 Å². The first-order valence-electron chi connectivity index (χ1n) is 1.84. The maximum absolute atomic E-state index is 5.48. The zero-order chi connectivity index (χ0) is 5.86. The fraction of sp³-hybridized carbons (Fsp3) is 1.00. The van der Waals surface area contributed by atoms with E-state index in [1.807, 2.05) is 14.1 Å². The first-order valence-corrected chi connectivity index (χ1v) is 2.75. The Labute approximate surface area is 51.1 Å². The molecule has 0 rings (SSSR count). The minimum absolute atomic E-state index is 0.329. The molecule has 0 saturated carbocycles. The van der Waals surface area contributed by atoms with Crippen molar-refractivity contribution in [2.75, 3.05) is 14.1 Å². The van der Waals surface area contributed by atoms with Crippen LogP contribution in [0.4, 0.5) is 0 Å². The lowest BCUT2D eigenvalue weighted by Crippen LogP contribution is -2.21. The summed E-state index contributed by atoms with van der Waals surface area (Å²) in [6.07, 6.45) is 0. The second kappa shape index (κ2) is 3.62. The van der Waals surface area contributed by atoms with Crippen molar-refractivity contribution < 1.29 is 4.52 Å². The molecule has 4 heteroatoms. The van der Waals surface area contributed by atoms with Crippen molar-refractivity contribution in [1.29, 1.82) is 0 Å². The van der Waals surface area contributed by atoms with Crippen molar-refractivity contribution in [3.05, 3.63) is 0 Å². The Hall–Kier alpha value is 0.640. The molecule has 2 nitrogen and oxygen atoms in total. The van der Waals surface area contributed by atoms with E-state index in [1.54, 1.807) is 4.90 Å². The molecule has 7 heavy (non-hydrogen) atoms. The number of halogens is 1. The summed E-state index contributed by atoms with van der Waals surface area (Å²) >= 11 is 5.48. The normalized spacial score (nSPS) is 15.0. The number of nitrogens with zero attached hydrogens (tertiary/aromatic N) is 1. The van der Waals surface area contributed by atoms with Gasteiger partial charge in [-0.15, -0.1) is 0 Å². The largest absolute Gasteiger partial charge is 0.333 e. The second-order valence-electron chi connectivity index (χ2n) is 1.39. The molecule has 0 aromatic rings. The van der Waals surface area contributed by atoms with Gasteiger partial charge in [0.25, 0.3) is 0 Å². The molecule has 2 unspecified atom stereocenters. The van der Waals surface area contributed by atoms with Crippen LogP contribution in [-0.2, 0) is 4.52 Å². The molecule has 0 amide bonds. The Morgan fingerprint density at radius 2 is 2.14 bits per heavy atom. The molecule has 0 aliphatic carbocycles. The highest BCUT2D eigenvalue weighted by Crippen LogP contribution is 2.03. The molecule has 2 atom stereocenters. The van der Waals surface area contributed by atoms with Gasteiger partial charge in [-0.3, -0.25) is 4.90 Å². The Balaban J connectivity index is 3.14. The summed E-state index contributed by atoms with van der Waals surface area (Å²) < 4.78 is 4.62. The van der Waals surface area contributed by atoms with Crippen LogP contribution in [0.25, 0.3) is 0 Å². The standard InChI is InChI=1S/C3H9ClNOP/c1-5(2)3(4)6-7/h3H,7H2,1-2H3. The molecule has 0 spiro atoms. The highest BCUT2D eigenvalue weighted by Gasteiger charge is 2.00. The minimum atomic E-state index is -0.329. The Morgan fingerprint density at radius 1 is 1.71 bits per heavy atom. The molecular formula is C3H9ClNOP. The van der Waals surface area contributed by atoms with Crippen LogP contribution in [0, 0.1) is 0 Å². The fourth-order valence-corrected chi connectivity index (χ4v) is 0.365. The highest BCUT2D eigenvalue weighted by atomic mass is 35.5. The van der Waals surface area contributed by atoms with E-state index in [9.17, 15) is 0 Å². The summed E-state index contributed by atoms with van der Waals surface area (Å²) in [6.45, 7) is 0. The van der Waals surface area contributed by atoms with Crippen LogP contribution in [0.3, 0.4) is 0 Å². The monoisotopic (exact) mass is 141 g/mol. The van der Waals surface area contributed by atoms with Crippen molar-refractivity contribution in [1.82, 2.24) is 4.90 Å². The number of hydrogen-bond donors (Lipinski definition) is 0. The van der Waals surface area contributed by atoms with Gasteiger partial charge in [0.1, 0.15) is 0 Å². The average molecular weight is 142 g/mol. The van der Waals surface area contributed by atoms with Gasteiger partial charge in [-0.25, -0.2) is 0 Å². The molecule has 0 bridgehead atoms. The number of hydrogen-bond acceptors (Lipinski definition) is 2. The quantitative estimate of drug-likeness (QED) is 0.245. The van der Waals surface area contributed by atoms with Crippen molar-refractivity contribution >= 4 is 21.1 Å². The van der Waals surface area contributed by atoms with Gasteiger partial charge in [-0.1, -0.05) is 11.6 Å². The molecule has 0 radical (unpaired) electrons. The molecule has 0 aromatic carbocycles. The third-order valence-electron chi connectivity index (χ3n) is 0.518. The van der Waals surface area contributed by atoms with Gasteiger partial charge in [0.15, 0.2) is 5.69 Å². The van der Waals surface area contributed by atoms with Crippen LogP contribution in [0.5, 0.6) is 0 Å². The molecule has 0 aromatic heterocycles. The summed E-state index contributed by atoms with van der Waals surface area (Å²) in [7, 11) is 5.76. The number of rotatable bonds is 2. The van der Waals surface area contributed by atoms with Crippen LogP contribution < -0.4 is 0 Å². The van der Waals surface area contributed by atoms with Gasteiger partial charge in [-0.05, 0) is 14.1 Å². The van der Waals surface area contributed by atoms with Gasteiger partial charge in [0.05, 0.1) is 0 Å². The Kier molecular flexibility index (Phi) is 3.95. The van der Waals surface area contributed by atoms with Gasteiger partial charge < -0.3 is 4.52 Å². The van der Waals surface area contributed by atoms with Crippen LogP contribution in [0.2, 0.25) is 0 Å². The van der Waals surface area contributed by atoms with Crippen molar-refractivity contribution in [3.8, 4) is 0 Å². The van der Waals surface area contributed by atoms with E-state index in [0.717, 1.165) is 0 Å². The van der Waals surface area contributed by atoms with E-state index >= 15 is 0 Å². The van der Waals surface area contributed by atoms with Gasteiger partial charge in [-0.2, -0.15) is 0 Å². The van der Waals surface area contributed by atoms with Crippen molar-refractivity contribution in [2.45, 2.75) is 5.69 Å². The van der Waals surface area contributed by atoms with Gasteiger partial charge in [0, 0.05) is 9.47 Å². The van der Waals surface area contributed by atoms with Gasteiger partial charge in [0.2, 0.25) is 0 Å². The first-order chi connectivity index (χ1) is 3.18. The highest BCUT2D eigenvalue weighted by molar-refractivity contribution is 7.10. The third-order valence-corrected chi connectivity index (χ3v) is 1.44. The lowest BCUT2D eigenvalue weighted by atomic mass is 10.9. The Morgan fingerprint density at radius 3 is 2.14 bits per heavy atom. The van der Waals surface area contributed by atoms with E-state index in [0.29, 0.717) is 0 Å². The maximum Gasteiger partial charge on any atom is 0.190 e. The Bertz CT molecular complexity index is 52.2. The van der Waals surface area contributed by atoms with E-state index in [2.05, 4.69) is 14.0 Å². The van der Waals surface area contributed by atoms with Crippen LogP contribution in [0.1, 0.15) is 0 Å². The molecular weight excluding hydrogens is 132 g/mol. The zero-order valence-corrected chi connectivity index (χ0v) is 6.30. The third kappa shape index (κ3) is 3.24. The fourth-order valence-electron chi connectivity index (χ4n) is 0.122. The van der Waals surface area contributed by atoms with Crippen LogP contribution >= 0.6 is 21.1 Å². The van der Waals surface area contributed by atoms with E-state index < -0.39 is 0 Å². The van der Waals surface area contributed by atoms with E-state index in [1.165, 1.54) is 0 Å². The molecule has 0 heterocycles. The summed E-state index contributed by atoms with van der Waals surface area (Å²) in [4.78, 5) is 1.74. The molecule has 44 valence electrons. The molecule has 0 aliphatic rings. The topological polar surface area (TPSA) is 12.5 Å². The number of alkyl halides is 1.